The first-order valence-corrected chi connectivity index (χ1v) is 7.62. The molecule has 6 heteroatoms. The van der Waals surface area contributed by atoms with Gasteiger partial charge in [-0.1, -0.05) is 19.9 Å². The predicted octanol–water partition coefficient (Wildman–Crippen LogP) is 2.47. The molecule has 0 saturated carbocycles. The number of carbonyl (C=O) groups is 1. The van der Waals surface area contributed by atoms with E-state index in [9.17, 15) is 4.79 Å². The zero-order valence-corrected chi connectivity index (χ0v) is 13.3. The van der Waals surface area contributed by atoms with Crippen LogP contribution in [0.3, 0.4) is 0 Å². The highest BCUT2D eigenvalue weighted by Crippen LogP contribution is 2.16. The number of amides is 2. The number of nitrogens with zero attached hydrogens (tertiary/aromatic N) is 3. The van der Waals surface area contributed by atoms with Crippen molar-refractivity contribution in [1.82, 2.24) is 25.4 Å². The van der Waals surface area contributed by atoms with Gasteiger partial charge in [-0.3, -0.25) is 9.67 Å². The van der Waals surface area contributed by atoms with Gasteiger partial charge in [0.25, 0.3) is 0 Å². The Hall–Kier alpha value is -2.37. The van der Waals surface area contributed by atoms with E-state index in [4.69, 9.17) is 0 Å². The molecule has 2 N–H and O–H groups in total. The molecule has 2 amide bonds. The van der Waals surface area contributed by atoms with E-state index in [1.807, 2.05) is 31.3 Å². The van der Waals surface area contributed by atoms with Crippen LogP contribution in [0, 0.1) is 0 Å². The second-order valence-corrected chi connectivity index (χ2v) is 5.20. The van der Waals surface area contributed by atoms with E-state index in [2.05, 4.69) is 34.6 Å². The quantitative estimate of drug-likeness (QED) is 0.861. The van der Waals surface area contributed by atoms with Gasteiger partial charge in [-0.25, -0.2) is 4.79 Å². The van der Waals surface area contributed by atoms with E-state index in [1.54, 1.807) is 10.9 Å². The minimum atomic E-state index is -0.154. The van der Waals surface area contributed by atoms with Gasteiger partial charge in [-0.05, 0) is 31.0 Å². The van der Waals surface area contributed by atoms with Gasteiger partial charge in [-0.2, -0.15) is 5.10 Å². The third-order valence-electron chi connectivity index (χ3n) is 3.61. The summed E-state index contributed by atoms with van der Waals surface area (Å²) < 4.78 is 1.78. The lowest BCUT2D eigenvalue weighted by molar-refractivity contribution is 0.235. The van der Waals surface area contributed by atoms with Crippen molar-refractivity contribution in [2.24, 2.45) is 7.05 Å². The van der Waals surface area contributed by atoms with E-state index in [0.29, 0.717) is 6.54 Å². The van der Waals surface area contributed by atoms with Crippen molar-refractivity contribution in [3.63, 3.8) is 0 Å². The molecule has 118 valence electrons. The molecule has 0 aliphatic rings. The average molecular weight is 301 g/mol. The van der Waals surface area contributed by atoms with E-state index in [1.165, 1.54) is 0 Å². The van der Waals surface area contributed by atoms with Crippen LogP contribution in [0.25, 0.3) is 11.4 Å². The van der Waals surface area contributed by atoms with E-state index >= 15 is 0 Å². The number of carbonyl (C=O) groups excluding carboxylic acids is 1. The molecule has 22 heavy (non-hydrogen) atoms. The molecule has 0 aliphatic heterocycles. The molecule has 0 atom stereocenters. The minimum absolute atomic E-state index is 0.154. The largest absolute Gasteiger partial charge is 0.335 e. The lowest BCUT2D eigenvalue weighted by atomic mass is 10.2. The standard InChI is InChI=1S/C16H23N5O/c1-4-12(5-2)19-16(22)18-11-13-10-15(21(3)20-13)14-8-6-7-9-17-14/h6-10,12H,4-5,11H2,1-3H3,(H2,18,19,22). The zero-order chi connectivity index (χ0) is 15.9. The third kappa shape index (κ3) is 4.07. The molecule has 0 unspecified atom stereocenters. The molecule has 2 aromatic rings. The van der Waals surface area contributed by atoms with Crippen LogP contribution in [0.4, 0.5) is 4.79 Å². The van der Waals surface area contributed by atoms with Crippen molar-refractivity contribution in [2.75, 3.05) is 0 Å². The zero-order valence-electron chi connectivity index (χ0n) is 13.3. The summed E-state index contributed by atoms with van der Waals surface area (Å²) in [5, 5.41) is 10.2. The molecule has 0 radical (unpaired) electrons. The smallest absolute Gasteiger partial charge is 0.315 e. The molecule has 2 heterocycles. The summed E-state index contributed by atoms with van der Waals surface area (Å²) in [6.45, 7) is 4.52. The van der Waals surface area contributed by atoms with Gasteiger partial charge in [0, 0.05) is 19.3 Å². The maximum atomic E-state index is 11.8. The van der Waals surface area contributed by atoms with Crippen molar-refractivity contribution in [3.8, 4) is 11.4 Å². The molecule has 6 nitrogen and oxygen atoms in total. The van der Waals surface area contributed by atoms with Gasteiger partial charge in [0.15, 0.2) is 0 Å². The number of aromatic nitrogens is 3. The molecule has 0 fully saturated rings. The van der Waals surface area contributed by atoms with Gasteiger partial charge >= 0.3 is 6.03 Å². The van der Waals surface area contributed by atoms with Crippen molar-refractivity contribution in [3.05, 3.63) is 36.2 Å². The Morgan fingerprint density at radius 2 is 2.09 bits per heavy atom. The maximum absolute atomic E-state index is 11.8. The highest BCUT2D eigenvalue weighted by Gasteiger charge is 2.11. The highest BCUT2D eigenvalue weighted by atomic mass is 16.2. The first-order valence-electron chi connectivity index (χ1n) is 7.62. The Balaban J connectivity index is 1.96. The SMILES string of the molecule is CCC(CC)NC(=O)NCc1cc(-c2ccccn2)n(C)n1. The fourth-order valence-corrected chi connectivity index (χ4v) is 2.27. The molecule has 2 rings (SSSR count). The Morgan fingerprint density at radius 3 is 2.73 bits per heavy atom. The van der Waals surface area contributed by atoms with E-state index in [0.717, 1.165) is 29.9 Å². The fourth-order valence-electron chi connectivity index (χ4n) is 2.27. The first-order chi connectivity index (χ1) is 10.6. The number of nitrogens with one attached hydrogen (secondary N) is 2. The molecule has 0 aromatic carbocycles. The molecule has 0 aliphatic carbocycles. The van der Waals surface area contributed by atoms with Crippen molar-refractivity contribution >= 4 is 6.03 Å². The summed E-state index contributed by atoms with van der Waals surface area (Å²) in [6.07, 6.45) is 3.61. The van der Waals surface area contributed by atoms with Crippen LogP contribution < -0.4 is 10.6 Å². The van der Waals surface area contributed by atoms with Gasteiger partial charge in [-0.15, -0.1) is 0 Å². The maximum Gasteiger partial charge on any atom is 0.315 e. The molecular formula is C16H23N5O. The lowest BCUT2D eigenvalue weighted by Crippen LogP contribution is -2.41. The van der Waals surface area contributed by atoms with Gasteiger partial charge in [0.1, 0.15) is 0 Å². The summed E-state index contributed by atoms with van der Waals surface area (Å²) in [4.78, 5) is 16.2. The normalized spacial score (nSPS) is 10.7. The summed E-state index contributed by atoms with van der Waals surface area (Å²) in [5.41, 5.74) is 2.60. The van der Waals surface area contributed by atoms with E-state index < -0.39 is 0 Å². The van der Waals surface area contributed by atoms with Crippen LogP contribution in [-0.2, 0) is 13.6 Å². The Labute approximate surface area is 130 Å². The Morgan fingerprint density at radius 1 is 1.32 bits per heavy atom. The number of pyridine rings is 1. The van der Waals surface area contributed by atoms with Crippen LogP contribution in [0.5, 0.6) is 0 Å². The predicted molar refractivity (Wildman–Crippen MR) is 86.2 cm³/mol. The Kier molecular flexibility index (Phi) is 5.52. The number of rotatable bonds is 6. The molecule has 0 spiro atoms. The monoisotopic (exact) mass is 301 g/mol. The molecule has 0 saturated heterocycles. The van der Waals surface area contributed by atoms with Gasteiger partial charge in [0.2, 0.25) is 0 Å². The fraction of sp³-hybridized carbons (Fsp3) is 0.438. The highest BCUT2D eigenvalue weighted by molar-refractivity contribution is 5.74. The number of hydrogen-bond donors (Lipinski definition) is 2. The summed E-state index contributed by atoms with van der Waals surface area (Å²) in [7, 11) is 1.87. The Bertz CT molecular complexity index is 604. The van der Waals surface area contributed by atoms with Crippen LogP contribution in [0.1, 0.15) is 32.4 Å². The average Bonchev–Trinajstić information content (AvgIpc) is 2.92. The molecule has 2 aromatic heterocycles. The van der Waals surface area contributed by atoms with Crippen molar-refractivity contribution < 1.29 is 4.79 Å². The summed E-state index contributed by atoms with van der Waals surface area (Å²) in [6, 6.07) is 7.76. The topological polar surface area (TPSA) is 71.8 Å². The second-order valence-electron chi connectivity index (χ2n) is 5.20. The van der Waals surface area contributed by atoms with Crippen molar-refractivity contribution in [1.29, 1.82) is 0 Å². The molecule has 0 bridgehead atoms. The number of aryl methyl sites for hydroxylation is 1. The van der Waals surface area contributed by atoms with Crippen LogP contribution in [0.2, 0.25) is 0 Å². The van der Waals surface area contributed by atoms with Crippen LogP contribution in [-0.4, -0.2) is 26.8 Å². The van der Waals surface area contributed by atoms with Gasteiger partial charge < -0.3 is 10.6 Å². The van der Waals surface area contributed by atoms with Gasteiger partial charge in [0.05, 0.1) is 23.6 Å². The summed E-state index contributed by atoms with van der Waals surface area (Å²) >= 11 is 0. The second kappa shape index (κ2) is 7.59. The summed E-state index contributed by atoms with van der Waals surface area (Å²) in [5.74, 6) is 0. The number of hydrogen-bond acceptors (Lipinski definition) is 3. The van der Waals surface area contributed by atoms with Crippen LogP contribution in [0.15, 0.2) is 30.5 Å². The lowest BCUT2D eigenvalue weighted by Gasteiger charge is -2.14. The third-order valence-corrected chi connectivity index (χ3v) is 3.61. The van der Waals surface area contributed by atoms with E-state index in [-0.39, 0.29) is 12.1 Å². The van der Waals surface area contributed by atoms with Crippen molar-refractivity contribution in [2.45, 2.75) is 39.3 Å². The van der Waals surface area contributed by atoms with Crippen LogP contribution >= 0.6 is 0 Å². The first kappa shape index (κ1) is 16.0. The molecular weight excluding hydrogens is 278 g/mol. The number of urea groups is 1. The minimum Gasteiger partial charge on any atom is -0.335 e.